The molecule has 0 radical (unpaired) electrons. The SMILES string of the molecule is C=CC(NCC[CH2-])c1ccccc1.CCO.CCO.CCO.[Ti]. The summed E-state index contributed by atoms with van der Waals surface area (Å²) in [5, 5.41) is 26.1. The van der Waals surface area contributed by atoms with Gasteiger partial charge in [-0.2, -0.15) is 6.42 Å². The molecule has 0 spiro atoms. The molecule has 1 unspecified atom stereocenters. The van der Waals surface area contributed by atoms with Crippen molar-refractivity contribution >= 4 is 0 Å². The van der Waals surface area contributed by atoms with Crippen molar-refractivity contribution in [1.82, 2.24) is 5.32 Å². The van der Waals surface area contributed by atoms with Gasteiger partial charge in [0.2, 0.25) is 0 Å². The molecule has 4 N–H and O–H groups in total. The van der Waals surface area contributed by atoms with Crippen LogP contribution in [0.5, 0.6) is 0 Å². The molecular weight excluding hydrogens is 326 g/mol. The average Bonchev–Trinajstić information content (AvgIpc) is 2.51. The Kier molecular flexibility index (Phi) is 39.0. The van der Waals surface area contributed by atoms with Crippen LogP contribution in [0.1, 0.15) is 38.8 Å². The molecule has 0 aliphatic carbocycles. The third-order valence-electron chi connectivity index (χ3n) is 1.94. The molecule has 0 aliphatic heterocycles. The molecule has 1 atom stereocenters. The van der Waals surface area contributed by atoms with Crippen molar-refractivity contribution in [3.63, 3.8) is 0 Å². The van der Waals surface area contributed by atoms with Gasteiger partial charge in [0.15, 0.2) is 0 Å². The molecule has 0 fully saturated rings. The van der Waals surface area contributed by atoms with Crippen LogP contribution in [0.15, 0.2) is 43.0 Å². The van der Waals surface area contributed by atoms with Crippen LogP contribution >= 0.6 is 0 Å². The predicted octanol–water partition coefficient (Wildman–Crippen LogP) is 2.72. The summed E-state index contributed by atoms with van der Waals surface area (Å²) in [4.78, 5) is 0. The summed E-state index contributed by atoms with van der Waals surface area (Å²) in [5.74, 6) is 0. The van der Waals surface area contributed by atoms with Gasteiger partial charge in [-0.25, -0.2) is 0 Å². The maximum Gasteiger partial charge on any atom is 0.0502 e. The van der Waals surface area contributed by atoms with E-state index in [-0.39, 0.29) is 47.6 Å². The van der Waals surface area contributed by atoms with Crippen molar-refractivity contribution in [2.45, 2.75) is 33.2 Å². The third kappa shape index (κ3) is 26.7. The molecule has 0 heterocycles. The van der Waals surface area contributed by atoms with E-state index in [0.29, 0.717) is 0 Å². The maximum atomic E-state index is 7.57. The molecule has 0 aliphatic rings. The van der Waals surface area contributed by atoms with Crippen LogP contribution in [0.2, 0.25) is 0 Å². The summed E-state index contributed by atoms with van der Waals surface area (Å²) in [5.41, 5.74) is 1.26. The minimum atomic E-state index is 0. The van der Waals surface area contributed by atoms with Crippen molar-refractivity contribution in [1.29, 1.82) is 0 Å². The van der Waals surface area contributed by atoms with Crippen LogP contribution in [0.3, 0.4) is 0 Å². The Labute approximate surface area is 157 Å². The second-order valence-corrected chi connectivity index (χ2v) is 3.88. The fourth-order valence-corrected chi connectivity index (χ4v) is 1.26. The molecule has 0 saturated heterocycles. The first-order chi connectivity index (χ1) is 10.6. The van der Waals surface area contributed by atoms with E-state index < -0.39 is 0 Å². The number of benzene rings is 1. The van der Waals surface area contributed by atoms with Crippen LogP contribution in [-0.4, -0.2) is 41.7 Å². The maximum absolute atomic E-state index is 7.57. The number of hydrogen-bond donors (Lipinski definition) is 4. The van der Waals surface area contributed by atoms with E-state index in [1.807, 2.05) is 24.3 Å². The van der Waals surface area contributed by atoms with Gasteiger partial charge in [-0.15, -0.1) is 6.58 Å². The van der Waals surface area contributed by atoms with Gasteiger partial charge in [0.1, 0.15) is 0 Å². The second kappa shape index (κ2) is 29.5. The number of aliphatic hydroxyl groups is 3. The molecule has 0 amide bonds. The fourth-order valence-electron chi connectivity index (χ4n) is 1.26. The molecule has 1 aromatic carbocycles. The molecule has 0 aromatic heterocycles. The summed E-state index contributed by atoms with van der Waals surface area (Å²) >= 11 is 0. The summed E-state index contributed by atoms with van der Waals surface area (Å²) in [7, 11) is 0. The van der Waals surface area contributed by atoms with Crippen molar-refractivity contribution in [3.8, 4) is 0 Å². The van der Waals surface area contributed by atoms with Crippen molar-refractivity contribution in [2.75, 3.05) is 26.4 Å². The largest absolute Gasteiger partial charge is 0.397 e. The molecule has 23 heavy (non-hydrogen) atoms. The number of hydrogen-bond acceptors (Lipinski definition) is 4. The van der Waals surface area contributed by atoms with Gasteiger partial charge in [0.05, 0.1) is 6.04 Å². The van der Waals surface area contributed by atoms with E-state index in [9.17, 15) is 0 Å². The van der Waals surface area contributed by atoms with Gasteiger partial charge in [-0.3, -0.25) is 0 Å². The van der Waals surface area contributed by atoms with Gasteiger partial charge < -0.3 is 27.6 Å². The second-order valence-electron chi connectivity index (χ2n) is 3.88. The quantitative estimate of drug-likeness (QED) is 0.370. The average molecular weight is 360 g/mol. The van der Waals surface area contributed by atoms with Gasteiger partial charge in [-0.1, -0.05) is 36.4 Å². The van der Waals surface area contributed by atoms with Gasteiger partial charge in [-0.05, 0) is 32.9 Å². The molecule has 4 nitrogen and oxygen atoms in total. The number of rotatable bonds is 5. The smallest absolute Gasteiger partial charge is 0.0502 e. The molecule has 0 saturated carbocycles. The zero-order valence-electron chi connectivity index (χ0n) is 14.8. The molecular formula is C18H34NO3Ti-. The molecule has 1 aromatic rings. The third-order valence-corrected chi connectivity index (χ3v) is 1.94. The van der Waals surface area contributed by atoms with Crippen molar-refractivity contribution < 1.29 is 37.0 Å². The van der Waals surface area contributed by atoms with E-state index in [4.69, 9.17) is 15.3 Å². The Bertz CT molecular complexity index is 293. The van der Waals surface area contributed by atoms with Crippen LogP contribution in [0.25, 0.3) is 0 Å². The van der Waals surface area contributed by atoms with Crippen LogP contribution in [-0.2, 0) is 21.7 Å². The van der Waals surface area contributed by atoms with Gasteiger partial charge in [0, 0.05) is 41.5 Å². The van der Waals surface area contributed by atoms with Crippen LogP contribution in [0, 0.1) is 6.92 Å². The summed E-state index contributed by atoms with van der Waals surface area (Å²) < 4.78 is 0. The van der Waals surface area contributed by atoms with Crippen molar-refractivity contribution in [2.24, 2.45) is 0 Å². The normalized spacial score (nSPS) is 9.35. The minimum Gasteiger partial charge on any atom is -0.397 e. The number of aliphatic hydroxyl groups excluding tert-OH is 3. The first-order valence-electron chi connectivity index (χ1n) is 7.65. The molecule has 134 valence electrons. The fraction of sp³-hybridized carbons (Fsp3) is 0.500. The van der Waals surface area contributed by atoms with Gasteiger partial charge >= 0.3 is 0 Å². The molecule has 0 bridgehead atoms. The first kappa shape index (κ1) is 30.4. The van der Waals surface area contributed by atoms with Crippen LogP contribution in [0.4, 0.5) is 0 Å². The van der Waals surface area contributed by atoms with E-state index in [1.165, 1.54) is 5.56 Å². The zero-order valence-corrected chi connectivity index (χ0v) is 16.4. The van der Waals surface area contributed by atoms with E-state index in [2.05, 4.69) is 31.0 Å². The summed E-state index contributed by atoms with van der Waals surface area (Å²) in [6.07, 6.45) is 2.82. The molecule has 1 rings (SSSR count). The first-order valence-corrected chi connectivity index (χ1v) is 7.65. The Morgan fingerprint density at radius 1 is 1.04 bits per heavy atom. The van der Waals surface area contributed by atoms with Gasteiger partial charge in [0.25, 0.3) is 0 Å². The predicted molar refractivity (Wildman–Crippen MR) is 95.6 cm³/mol. The molecule has 5 heteroatoms. The van der Waals surface area contributed by atoms with E-state index in [0.717, 1.165) is 13.0 Å². The summed E-state index contributed by atoms with van der Waals surface area (Å²) in [6, 6.07) is 10.5. The van der Waals surface area contributed by atoms with E-state index >= 15 is 0 Å². The monoisotopic (exact) mass is 360 g/mol. The number of nitrogens with one attached hydrogen (secondary N) is 1. The Morgan fingerprint density at radius 3 is 1.74 bits per heavy atom. The standard InChI is InChI=1S/C12H16N.3C2H6O.Ti/c1-3-10-13-12(4-2)11-8-6-5-7-9-11;3*1-2-3;/h4-9,12-13H,1-3,10H2;3*3H,2H2,1H3;/q-1;;;;. The van der Waals surface area contributed by atoms with E-state index in [1.54, 1.807) is 20.8 Å². The summed E-state index contributed by atoms with van der Waals surface area (Å²) in [6.45, 7) is 14.3. The Hall–Kier alpha value is -0.486. The topological polar surface area (TPSA) is 72.7 Å². The Morgan fingerprint density at radius 2 is 1.43 bits per heavy atom. The Balaban J connectivity index is -0.000000152. The zero-order chi connectivity index (χ0) is 17.6. The van der Waals surface area contributed by atoms with Crippen LogP contribution < -0.4 is 5.32 Å². The van der Waals surface area contributed by atoms with Crippen molar-refractivity contribution in [3.05, 3.63) is 55.5 Å². The minimum absolute atomic E-state index is 0.